The average Bonchev–Trinajstić information content (AvgIpc) is 2.54. The third-order valence-electron chi connectivity index (χ3n) is 3.51. The molecule has 0 saturated carbocycles. The number of benzene rings is 2. The van der Waals surface area contributed by atoms with Crippen LogP contribution in [0, 0.1) is 12.7 Å². The molecule has 0 aliphatic carbocycles. The normalized spacial score (nSPS) is 11.7. The Morgan fingerprint density at radius 3 is 2.61 bits per heavy atom. The first-order valence-electron chi connectivity index (χ1n) is 7.32. The van der Waals surface area contributed by atoms with Gasteiger partial charge in [-0.3, -0.25) is 4.79 Å². The summed E-state index contributed by atoms with van der Waals surface area (Å²) < 4.78 is 24.1. The van der Waals surface area contributed by atoms with Gasteiger partial charge in [-0.15, -0.1) is 0 Å². The number of aryl methyl sites for hydroxylation is 1. The molecule has 5 heteroatoms. The van der Waals surface area contributed by atoms with Crippen molar-refractivity contribution in [2.24, 2.45) is 0 Å². The first kappa shape index (κ1) is 16.8. The van der Waals surface area contributed by atoms with Crippen LogP contribution >= 0.6 is 0 Å². The Kier molecular flexibility index (Phi) is 5.57. The molecule has 0 fully saturated rings. The van der Waals surface area contributed by atoms with Crippen LogP contribution in [0.2, 0.25) is 0 Å². The van der Waals surface area contributed by atoms with Crippen molar-refractivity contribution in [3.63, 3.8) is 0 Å². The van der Waals surface area contributed by atoms with Crippen molar-refractivity contribution in [1.29, 1.82) is 0 Å². The average molecular weight is 317 g/mol. The lowest BCUT2D eigenvalue weighted by Crippen LogP contribution is -2.31. The van der Waals surface area contributed by atoms with Crippen molar-refractivity contribution in [1.82, 2.24) is 5.32 Å². The molecule has 0 spiro atoms. The number of rotatable bonds is 6. The summed E-state index contributed by atoms with van der Waals surface area (Å²) in [5, 5.41) is 2.78. The fraction of sp³-hybridized carbons (Fsp3) is 0.278. The second-order valence-corrected chi connectivity index (χ2v) is 5.24. The van der Waals surface area contributed by atoms with E-state index in [1.807, 2.05) is 31.2 Å². The zero-order valence-corrected chi connectivity index (χ0v) is 13.4. The van der Waals surface area contributed by atoms with Crippen LogP contribution in [0.5, 0.6) is 11.5 Å². The lowest BCUT2D eigenvalue weighted by molar-refractivity contribution is -0.123. The molecule has 1 atom stereocenters. The molecule has 2 rings (SSSR count). The molecule has 0 bridgehead atoms. The third kappa shape index (κ3) is 4.45. The first-order valence-corrected chi connectivity index (χ1v) is 7.32. The van der Waals surface area contributed by atoms with Gasteiger partial charge in [0.25, 0.3) is 5.91 Å². The number of methoxy groups -OCH3 is 1. The molecule has 0 aliphatic rings. The van der Waals surface area contributed by atoms with Crippen LogP contribution in [-0.2, 0) is 4.79 Å². The second kappa shape index (κ2) is 7.63. The zero-order chi connectivity index (χ0) is 16.8. The molecule has 0 saturated heterocycles. The molecule has 23 heavy (non-hydrogen) atoms. The van der Waals surface area contributed by atoms with Gasteiger partial charge in [0.2, 0.25) is 0 Å². The summed E-state index contributed by atoms with van der Waals surface area (Å²) in [5.74, 6) is 0.125. The number of amides is 1. The van der Waals surface area contributed by atoms with Crippen LogP contribution in [0.3, 0.4) is 0 Å². The van der Waals surface area contributed by atoms with E-state index in [-0.39, 0.29) is 24.3 Å². The standard InChI is InChI=1S/C18H20FNO3/c1-12-6-4-5-7-16(12)23-11-18(21)20-13(2)14-8-9-17(22-3)15(19)10-14/h4-10,13H,11H2,1-3H3,(H,20,21). The zero-order valence-electron chi connectivity index (χ0n) is 13.4. The summed E-state index contributed by atoms with van der Waals surface area (Å²) in [5.41, 5.74) is 1.62. The van der Waals surface area contributed by atoms with Gasteiger partial charge >= 0.3 is 0 Å². The molecule has 0 aliphatic heterocycles. The van der Waals surface area contributed by atoms with Crippen LogP contribution in [0.4, 0.5) is 4.39 Å². The lowest BCUT2D eigenvalue weighted by atomic mass is 10.1. The summed E-state index contributed by atoms with van der Waals surface area (Å²) >= 11 is 0. The molecule has 0 radical (unpaired) electrons. The Balaban J connectivity index is 1.92. The molecule has 1 amide bonds. The number of nitrogens with one attached hydrogen (secondary N) is 1. The molecule has 122 valence electrons. The topological polar surface area (TPSA) is 47.6 Å². The van der Waals surface area contributed by atoms with Crippen molar-refractivity contribution in [2.75, 3.05) is 13.7 Å². The van der Waals surface area contributed by atoms with E-state index in [4.69, 9.17) is 9.47 Å². The van der Waals surface area contributed by atoms with E-state index in [0.29, 0.717) is 11.3 Å². The van der Waals surface area contributed by atoms with E-state index in [9.17, 15) is 9.18 Å². The summed E-state index contributed by atoms with van der Waals surface area (Å²) in [6.45, 7) is 3.61. The Hall–Kier alpha value is -2.56. The highest BCUT2D eigenvalue weighted by atomic mass is 19.1. The Bertz CT molecular complexity index is 688. The number of hydrogen-bond donors (Lipinski definition) is 1. The minimum atomic E-state index is -0.456. The van der Waals surface area contributed by atoms with Gasteiger partial charge in [0.05, 0.1) is 13.2 Å². The Morgan fingerprint density at radius 1 is 1.22 bits per heavy atom. The summed E-state index contributed by atoms with van der Waals surface area (Å²) in [6.07, 6.45) is 0. The molecule has 2 aromatic rings. The highest BCUT2D eigenvalue weighted by Gasteiger charge is 2.13. The van der Waals surface area contributed by atoms with Crippen LogP contribution in [-0.4, -0.2) is 19.6 Å². The number of halogens is 1. The first-order chi connectivity index (χ1) is 11.0. The fourth-order valence-electron chi connectivity index (χ4n) is 2.18. The Labute approximate surface area is 135 Å². The van der Waals surface area contributed by atoms with Gasteiger partial charge in [-0.05, 0) is 43.2 Å². The molecular weight excluding hydrogens is 297 g/mol. The van der Waals surface area contributed by atoms with Crippen molar-refractivity contribution >= 4 is 5.91 Å². The maximum atomic E-state index is 13.7. The largest absolute Gasteiger partial charge is 0.494 e. The van der Waals surface area contributed by atoms with E-state index < -0.39 is 5.82 Å². The number of carbonyl (C=O) groups is 1. The minimum Gasteiger partial charge on any atom is -0.494 e. The molecule has 4 nitrogen and oxygen atoms in total. The Morgan fingerprint density at radius 2 is 1.96 bits per heavy atom. The van der Waals surface area contributed by atoms with Crippen molar-refractivity contribution in [3.05, 3.63) is 59.4 Å². The lowest BCUT2D eigenvalue weighted by Gasteiger charge is -2.16. The van der Waals surface area contributed by atoms with Crippen LogP contribution in [0.25, 0.3) is 0 Å². The monoisotopic (exact) mass is 317 g/mol. The van der Waals surface area contributed by atoms with Crippen molar-refractivity contribution < 1.29 is 18.7 Å². The molecule has 0 heterocycles. The van der Waals surface area contributed by atoms with Crippen molar-refractivity contribution in [2.45, 2.75) is 19.9 Å². The van der Waals surface area contributed by atoms with Gasteiger partial charge < -0.3 is 14.8 Å². The van der Waals surface area contributed by atoms with Gasteiger partial charge in [-0.2, -0.15) is 0 Å². The quantitative estimate of drug-likeness (QED) is 0.888. The van der Waals surface area contributed by atoms with E-state index in [0.717, 1.165) is 5.56 Å². The second-order valence-electron chi connectivity index (χ2n) is 5.24. The molecule has 0 aromatic heterocycles. The van der Waals surface area contributed by atoms with Crippen LogP contribution in [0.1, 0.15) is 24.1 Å². The van der Waals surface area contributed by atoms with Gasteiger partial charge in [-0.25, -0.2) is 4.39 Å². The summed E-state index contributed by atoms with van der Waals surface area (Å²) in [4.78, 5) is 12.0. The minimum absolute atomic E-state index is 0.0895. The van der Waals surface area contributed by atoms with E-state index >= 15 is 0 Å². The number of carbonyl (C=O) groups excluding carboxylic acids is 1. The van der Waals surface area contributed by atoms with Crippen LogP contribution in [0.15, 0.2) is 42.5 Å². The highest BCUT2D eigenvalue weighted by Crippen LogP contribution is 2.21. The van der Waals surface area contributed by atoms with Gasteiger partial charge in [-0.1, -0.05) is 24.3 Å². The van der Waals surface area contributed by atoms with Crippen molar-refractivity contribution in [3.8, 4) is 11.5 Å². The molecule has 2 aromatic carbocycles. The highest BCUT2D eigenvalue weighted by molar-refractivity contribution is 5.78. The third-order valence-corrected chi connectivity index (χ3v) is 3.51. The maximum absolute atomic E-state index is 13.7. The van der Waals surface area contributed by atoms with Gasteiger partial charge in [0.15, 0.2) is 18.2 Å². The smallest absolute Gasteiger partial charge is 0.258 e. The van der Waals surface area contributed by atoms with Crippen LogP contribution < -0.4 is 14.8 Å². The van der Waals surface area contributed by atoms with Gasteiger partial charge in [0, 0.05) is 0 Å². The predicted molar refractivity (Wildman–Crippen MR) is 86.2 cm³/mol. The van der Waals surface area contributed by atoms with Gasteiger partial charge in [0.1, 0.15) is 5.75 Å². The summed E-state index contributed by atoms with van der Waals surface area (Å²) in [7, 11) is 1.41. The number of ether oxygens (including phenoxy) is 2. The van der Waals surface area contributed by atoms with E-state index in [1.54, 1.807) is 13.0 Å². The maximum Gasteiger partial charge on any atom is 0.258 e. The molecule has 1 unspecified atom stereocenters. The summed E-state index contributed by atoms with van der Waals surface area (Å²) in [6, 6.07) is 11.8. The molecule has 1 N–H and O–H groups in total. The van der Waals surface area contributed by atoms with E-state index in [2.05, 4.69) is 5.32 Å². The van der Waals surface area contributed by atoms with E-state index in [1.165, 1.54) is 19.2 Å². The SMILES string of the molecule is COc1ccc(C(C)NC(=O)COc2ccccc2C)cc1F. The number of hydrogen-bond acceptors (Lipinski definition) is 3. The predicted octanol–water partition coefficient (Wildman–Crippen LogP) is 3.40. The number of para-hydroxylation sites is 1. The fourth-order valence-corrected chi connectivity index (χ4v) is 2.18. The molecular formula is C18H20FNO3.